The van der Waals surface area contributed by atoms with Crippen LogP contribution in [-0.2, 0) is 26.8 Å². The van der Waals surface area contributed by atoms with Gasteiger partial charge in [0.2, 0.25) is 0 Å². The summed E-state index contributed by atoms with van der Waals surface area (Å²) >= 11 is 1.97. The summed E-state index contributed by atoms with van der Waals surface area (Å²) in [5, 5.41) is 10.6. The molecule has 0 spiro atoms. The maximum absolute atomic E-state index is 12.3. The number of thioether (sulfide) groups is 1. The Morgan fingerprint density at radius 3 is 1.86 bits per heavy atom. The molecule has 0 amide bonds. The van der Waals surface area contributed by atoms with E-state index < -0.39 is 17.8 Å². The fourth-order valence-corrected chi connectivity index (χ4v) is 21.0. The maximum atomic E-state index is 12.3. The molecule has 1 aromatic heterocycles. The van der Waals surface area contributed by atoms with Crippen LogP contribution in [0, 0.1) is 80.3 Å². The molecule has 10 heteroatoms. The first-order valence-electron chi connectivity index (χ1n) is 29.9. The first-order valence-corrected chi connectivity index (χ1v) is 30.9. The van der Waals surface area contributed by atoms with Crippen molar-refractivity contribution < 1.29 is 27.9 Å². The molecule has 13 atom stereocenters. The van der Waals surface area contributed by atoms with Gasteiger partial charge >= 0.3 is 17.8 Å². The number of allylic oxidation sites excluding steroid dienone is 3. The Labute approximate surface area is 471 Å². The predicted octanol–water partition coefficient (Wildman–Crippen LogP) is 16.6. The number of hydrogen-bond donors (Lipinski definition) is 0. The van der Waals surface area contributed by atoms with Crippen LogP contribution in [0.25, 0.3) is 11.2 Å². The number of aryl methyl sites for hydroxylation is 1. The zero-order valence-corrected chi connectivity index (χ0v) is 51.9. The highest BCUT2D eigenvalue weighted by molar-refractivity contribution is 8.00. The van der Waals surface area contributed by atoms with Gasteiger partial charge < -0.3 is 23.2 Å². The minimum atomic E-state index is -0.619. The Hall–Kier alpha value is -4.07. The third-order valence-corrected chi connectivity index (χ3v) is 25.6. The number of ether oxygens (including phenoxy) is 2. The predicted molar refractivity (Wildman–Crippen MR) is 314 cm³/mol. The molecule has 424 valence electrons. The number of rotatable bonds is 6. The zero-order chi connectivity index (χ0) is 56.9. The highest BCUT2D eigenvalue weighted by Gasteiger charge is 2.69. The standard InChI is InChI=1S/C38H57NO4S.C30H37NO3/c1-23(2)44-29-20-30-36(8,27-19-28(42-25(4)40)33(43-26(5)41)24(3)32(27)29)16-18-38(10)31-21-34(6,22-39(11)12)13-14-35(31,7)15-17-37(30,38)9;1-18-19-7-8-22-28(4,20(19)15-21-24(18)34-25(32)33-21)12-14-30(6)23-16-26(2,17-31)9-10-27(23,3)11-13-29(22,30)5/h19-20,23,29,31H,13-18,21-22H2,1-12H3;8,15,23H,7,9-14,16H2,1-6H3/t29?,31-,34-,35-,36+,37-,38+;23-,26-,27-,28+,29-,30+/m11/s1. The third-order valence-electron chi connectivity index (χ3n) is 24.4. The second-order valence-corrected chi connectivity index (χ2v) is 31.7. The zero-order valence-electron chi connectivity index (χ0n) is 51.1. The Morgan fingerprint density at radius 1 is 0.718 bits per heavy atom. The Morgan fingerprint density at radius 2 is 1.28 bits per heavy atom. The van der Waals surface area contributed by atoms with E-state index in [0.717, 1.165) is 56.2 Å². The molecule has 9 nitrogen and oxygen atoms in total. The number of carbonyl (C=O) groups excluding carboxylic acids is 2. The molecule has 8 aliphatic rings. The van der Waals surface area contributed by atoms with Gasteiger partial charge in [0, 0.05) is 42.0 Å². The van der Waals surface area contributed by atoms with Gasteiger partial charge in [-0.25, -0.2) is 4.79 Å². The summed E-state index contributed by atoms with van der Waals surface area (Å²) in [5.74, 6) is 0.528. The van der Waals surface area contributed by atoms with Gasteiger partial charge in [0.1, 0.15) is 0 Å². The molecule has 2 aromatic carbocycles. The molecule has 78 heavy (non-hydrogen) atoms. The Kier molecular flexibility index (Phi) is 13.7. The molecule has 3 aromatic rings. The van der Waals surface area contributed by atoms with Crippen LogP contribution in [0.1, 0.15) is 225 Å². The van der Waals surface area contributed by atoms with E-state index in [4.69, 9.17) is 18.3 Å². The summed E-state index contributed by atoms with van der Waals surface area (Å²) in [7, 11) is 4.46. The van der Waals surface area contributed by atoms with Crippen molar-refractivity contribution >= 4 is 34.9 Å². The molecule has 0 saturated heterocycles. The molecular weight excluding hydrogens is 989 g/mol. The van der Waals surface area contributed by atoms with Gasteiger partial charge in [-0.2, -0.15) is 5.26 Å². The number of nitriles is 1. The van der Waals surface area contributed by atoms with Crippen molar-refractivity contribution in [3.63, 3.8) is 0 Å². The lowest BCUT2D eigenvalue weighted by atomic mass is 9.34. The molecule has 1 heterocycles. The molecule has 6 saturated carbocycles. The maximum Gasteiger partial charge on any atom is 0.519 e. The lowest BCUT2D eigenvalue weighted by Gasteiger charge is -2.70. The minimum Gasteiger partial charge on any atom is -0.423 e. The normalized spacial score (nSPS) is 40.2. The fraction of sp³-hybridized carbons (Fsp3) is 0.706. The van der Waals surface area contributed by atoms with Crippen molar-refractivity contribution in [3.05, 3.63) is 79.4 Å². The van der Waals surface area contributed by atoms with Crippen molar-refractivity contribution in [2.45, 2.75) is 228 Å². The Balaban J connectivity index is 0.000000182. The topological polar surface area (TPSA) is 123 Å². The number of benzene rings is 2. The van der Waals surface area contributed by atoms with Gasteiger partial charge in [-0.1, -0.05) is 99.5 Å². The number of nitrogens with zero attached hydrogens (tertiary/aromatic N) is 2. The molecule has 0 bridgehead atoms. The van der Waals surface area contributed by atoms with Crippen molar-refractivity contribution in [2.24, 2.45) is 55.2 Å². The first-order chi connectivity index (χ1) is 36.2. The van der Waals surface area contributed by atoms with Crippen LogP contribution in [-0.4, -0.2) is 42.7 Å². The highest BCUT2D eigenvalue weighted by Crippen LogP contribution is 2.77. The van der Waals surface area contributed by atoms with Crippen LogP contribution in [0.5, 0.6) is 11.5 Å². The summed E-state index contributed by atoms with van der Waals surface area (Å²) in [4.78, 5) is 38.8. The van der Waals surface area contributed by atoms with Gasteiger partial charge in [0.05, 0.1) is 11.5 Å². The first kappa shape index (κ1) is 57.2. The minimum absolute atomic E-state index is 0.0537. The summed E-state index contributed by atoms with van der Waals surface area (Å²) < 4.78 is 22.4. The van der Waals surface area contributed by atoms with Gasteiger partial charge in [-0.3, -0.25) is 9.59 Å². The summed E-state index contributed by atoms with van der Waals surface area (Å²) in [5.41, 5.74) is 12.5. The smallest absolute Gasteiger partial charge is 0.423 e. The molecule has 8 aliphatic carbocycles. The lowest BCUT2D eigenvalue weighted by Crippen LogP contribution is -2.62. The summed E-state index contributed by atoms with van der Waals surface area (Å²) in [6, 6.07) is 6.85. The Bertz CT molecular complexity index is 3150. The molecule has 1 unspecified atom stereocenters. The van der Waals surface area contributed by atoms with Crippen molar-refractivity contribution in [1.82, 2.24) is 4.90 Å². The second kappa shape index (κ2) is 18.7. The van der Waals surface area contributed by atoms with E-state index in [-0.39, 0.29) is 43.2 Å². The molecule has 11 rings (SSSR count). The number of carbonyl (C=O) groups is 2. The molecule has 6 fully saturated rings. The van der Waals surface area contributed by atoms with Gasteiger partial charge in [0.15, 0.2) is 22.7 Å². The van der Waals surface area contributed by atoms with E-state index in [1.165, 1.54) is 93.9 Å². The second-order valence-electron chi connectivity index (χ2n) is 30.0. The van der Waals surface area contributed by atoms with E-state index >= 15 is 0 Å². The van der Waals surface area contributed by atoms with E-state index in [2.05, 4.69) is 139 Å². The number of fused-ring (bicyclic) bond motifs is 15. The van der Waals surface area contributed by atoms with Gasteiger partial charge in [-0.05, 0) is 226 Å². The lowest BCUT2D eigenvalue weighted by molar-refractivity contribution is -0.160. The highest BCUT2D eigenvalue weighted by atomic mass is 32.2. The van der Waals surface area contributed by atoms with Crippen LogP contribution >= 0.6 is 11.8 Å². The monoisotopic (exact) mass is 1080 g/mol. The van der Waals surface area contributed by atoms with Crippen molar-refractivity contribution in [3.8, 4) is 17.6 Å². The van der Waals surface area contributed by atoms with Crippen LogP contribution in [0.15, 0.2) is 49.1 Å². The largest absolute Gasteiger partial charge is 0.519 e. The number of esters is 2. The van der Waals surface area contributed by atoms with Gasteiger partial charge in [-0.15, -0.1) is 11.8 Å². The molecule has 0 N–H and O–H groups in total. The third kappa shape index (κ3) is 8.45. The van der Waals surface area contributed by atoms with E-state index in [1.54, 1.807) is 11.1 Å². The quantitative estimate of drug-likeness (QED) is 0.134. The average Bonchev–Trinajstić information content (AvgIpc) is 3.26. The summed E-state index contributed by atoms with van der Waals surface area (Å²) in [6.45, 7) is 37.6. The van der Waals surface area contributed by atoms with E-state index in [1.807, 2.05) is 18.7 Å². The SMILES string of the molecule is CC(=O)Oc1cc2c(c(C)c1OC(C)=O)C(SC(C)C)C=C1[C@@]2(C)CC[C@@]2(C)[C@@H]3C[C@](C)(CN(C)C)CC[C@]3(C)CC[C@]12C.Cc1c2c(cc3oc(=O)oc13)[C@]1(C)CC[C@@]3(C)[C@@H]4C[C@](C)(C#N)CC[C@]4(C)CC[C@]3(C)C1=CC2. The van der Waals surface area contributed by atoms with Crippen LogP contribution in [0.4, 0.5) is 0 Å². The van der Waals surface area contributed by atoms with E-state index in [9.17, 15) is 19.6 Å². The van der Waals surface area contributed by atoms with E-state index in [0.29, 0.717) is 56.0 Å². The van der Waals surface area contributed by atoms with Crippen molar-refractivity contribution in [1.29, 1.82) is 5.26 Å². The fourth-order valence-electron chi connectivity index (χ4n) is 19.7. The molecular formula is C68H94N2O7S. The van der Waals surface area contributed by atoms with Gasteiger partial charge in [0.25, 0.3) is 0 Å². The summed E-state index contributed by atoms with van der Waals surface area (Å²) in [6.07, 6.45) is 22.6. The van der Waals surface area contributed by atoms with Crippen LogP contribution in [0.2, 0.25) is 0 Å². The molecule has 0 aliphatic heterocycles. The number of hydrogen-bond acceptors (Lipinski definition) is 10. The van der Waals surface area contributed by atoms with Crippen molar-refractivity contribution in [2.75, 3.05) is 20.6 Å². The average molecular weight is 1080 g/mol. The molecule has 0 radical (unpaired) electrons. The van der Waals surface area contributed by atoms with Crippen LogP contribution < -0.4 is 15.3 Å². The van der Waals surface area contributed by atoms with Crippen LogP contribution in [0.3, 0.4) is 0 Å².